The Balaban J connectivity index is 5.15. The number of phosphoric acid groups is 1. The van der Waals surface area contributed by atoms with Gasteiger partial charge in [0.25, 0.3) is 0 Å². The van der Waals surface area contributed by atoms with Gasteiger partial charge in [-0.1, -0.05) is 290 Å². The third-order valence-corrected chi connectivity index (χ3v) is 16.4. The fraction of sp³-hybridized carbons (Fsp3) is 0.714. The molecular weight excluding hydrogens is 1100 g/mol. The largest absolute Gasteiger partial charge is 0.472 e. The zero-order valence-corrected chi connectivity index (χ0v) is 58.1. The van der Waals surface area contributed by atoms with Crippen molar-refractivity contribution in [3.63, 3.8) is 0 Å². The average Bonchev–Trinajstić information content (AvgIpc) is 3.69. The Bertz CT molecular complexity index is 1900. The lowest BCUT2D eigenvalue weighted by molar-refractivity contribution is -0.870. The number of esters is 1. The zero-order chi connectivity index (χ0) is 63.5. The Hall–Kier alpha value is -3.59. The maximum atomic E-state index is 13.6. The number of unbranched alkanes of at least 4 members (excludes halogenated alkanes) is 30. The van der Waals surface area contributed by atoms with Crippen molar-refractivity contribution >= 4 is 19.7 Å². The summed E-state index contributed by atoms with van der Waals surface area (Å²) in [6, 6.07) is -0.866. The molecule has 0 bridgehead atoms. The van der Waals surface area contributed by atoms with E-state index < -0.39 is 20.0 Å². The fourth-order valence-electron chi connectivity index (χ4n) is 9.89. The maximum Gasteiger partial charge on any atom is 0.472 e. The maximum absolute atomic E-state index is 13.6. The van der Waals surface area contributed by atoms with Gasteiger partial charge in [0, 0.05) is 12.8 Å². The van der Waals surface area contributed by atoms with Crippen molar-refractivity contribution in [2.24, 2.45) is 0 Å². The molecule has 1 amide bonds. The summed E-state index contributed by atoms with van der Waals surface area (Å²) < 4.78 is 30.8. The number of nitrogens with zero attached hydrogens (tertiary/aromatic N) is 1. The molecular formula is C77H136N2O7P+. The molecule has 0 aromatic carbocycles. The summed E-state index contributed by atoms with van der Waals surface area (Å²) >= 11 is 0. The number of likely N-dealkylation sites (N-methyl/N-ethyl adjacent to an activating group) is 1. The van der Waals surface area contributed by atoms with Crippen molar-refractivity contribution in [2.75, 3.05) is 40.9 Å². The van der Waals surface area contributed by atoms with Crippen LogP contribution in [0.25, 0.3) is 0 Å². The van der Waals surface area contributed by atoms with Gasteiger partial charge < -0.3 is 19.4 Å². The fourth-order valence-corrected chi connectivity index (χ4v) is 10.6. The van der Waals surface area contributed by atoms with Gasteiger partial charge in [-0.15, -0.1) is 0 Å². The Morgan fingerprint density at radius 3 is 1.13 bits per heavy atom. The van der Waals surface area contributed by atoms with E-state index in [-0.39, 0.29) is 31.5 Å². The Morgan fingerprint density at radius 2 is 0.736 bits per heavy atom. The highest BCUT2D eigenvalue weighted by molar-refractivity contribution is 7.47. The van der Waals surface area contributed by atoms with Gasteiger partial charge in [0.1, 0.15) is 19.3 Å². The van der Waals surface area contributed by atoms with Crippen LogP contribution in [0, 0.1) is 0 Å². The van der Waals surface area contributed by atoms with Crippen molar-refractivity contribution in [3.8, 4) is 0 Å². The molecule has 0 aliphatic heterocycles. The first-order valence-electron chi connectivity index (χ1n) is 35.9. The molecule has 0 heterocycles. The minimum Gasteiger partial charge on any atom is -0.456 e. The lowest BCUT2D eigenvalue weighted by Crippen LogP contribution is -2.47. The van der Waals surface area contributed by atoms with Gasteiger partial charge in [-0.05, 0) is 122 Å². The number of quaternary nitrogens is 1. The predicted octanol–water partition coefficient (Wildman–Crippen LogP) is 23.0. The van der Waals surface area contributed by atoms with Crippen LogP contribution in [-0.4, -0.2) is 74.3 Å². The van der Waals surface area contributed by atoms with Crippen LogP contribution < -0.4 is 5.32 Å². The summed E-state index contributed by atoms with van der Waals surface area (Å²) in [5.74, 6) is -0.523. The molecule has 10 heteroatoms. The zero-order valence-electron chi connectivity index (χ0n) is 57.2. The smallest absolute Gasteiger partial charge is 0.456 e. The van der Waals surface area contributed by atoms with E-state index >= 15 is 0 Å². The predicted molar refractivity (Wildman–Crippen MR) is 378 cm³/mol. The lowest BCUT2D eigenvalue weighted by atomic mass is 10.0. The average molecular weight is 1230 g/mol. The van der Waals surface area contributed by atoms with Gasteiger partial charge in [-0.3, -0.25) is 18.6 Å². The van der Waals surface area contributed by atoms with Crippen LogP contribution in [0.1, 0.15) is 303 Å². The minimum absolute atomic E-state index is 0.0315. The molecule has 0 aromatic heterocycles. The Labute approximate surface area is 537 Å². The van der Waals surface area contributed by atoms with Crippen LogP contribution in [0.3, 0.4) is 0 Å². The van der Waals surface area contributed by atoms with Crippen molar-refractivity contribution in [1.82, 2.24) is 5.32 Å². The Morgan fingerprint density at radius 1 is 0.414 bits per heavy atom. The molecule has 500 valence electrons. The lowest BCUT2D eigenvalue weighted by Gasteiger charge is -2.27. The number of carbonyl (C=O) groups excluding carboxylic acids is 2. The summed E-state index contributed by atoms with van der Waals surface area (Å²) in [6.07, 6.45) is 92.0. The second-order valence-electron chi connectivity index (χ2n) is 25.0. The van der Waals surface area contributed by atoms with E-state index in [1.807, 2.05) is 33.3 Å². The molecule has 9 nitrogen and oxygen atoms in total. The third-order valence-electron chi connectivity index (χ3n) is 15.4. The topological polar surface area (TPSA) is 111 Å². The number of rotatable bonds is 64. The number of phosphoric ester groups is 1. The number of ether oxygens (including phenoxy) is 1. The molecule has 0 fully saturated rings. The Kier molecular flexibility index (Phi) is 62.7. The van der Waals surface area contributed by atoms with Crippen molar-refractivity contribution in [3.05, 3.63) is 122 Å². The van der Waals surface area contributed by atoms with E-state index in [1.54, 1.807) is 0 Å². The number of amides is 1. The molecule has 0 spiro atoms. The minimum atomic E-state index is -4.47. The second kappa shape index (κ2) is 65.4. The molecule has 0 radical (unpaired) electrons. The van der Waals surface area contributed by atoms with Gasteiger partial charge in [-0.2, -0.15) is 0 Å². The summed E-state index contributed by atoms with van der Waals surface area (Å²) in [5.41, 5.74) is 0. The van der Waals surface area contributed by atoms with E-state index in [0.717, 1.165) is 135 Å². The first-order valence-corrected chi connectivity index (χ1v) is 37.4. The van der Waals surface area contributed by atoms with E-state index in [4.69, 9.17) is 13.8 Å². The molecule has 0 saturated heterocycles. The summed E-state index contributed by atoms with van der Waals surface area (Å²) in [4.78, 5) is 37.9. The molecule has 3 atom stereocenters. The highest BCUT2D eigenvalue weighted by Crippen LogP contribution is 2.43. The summed E-state index contributed by atoms with van der Waals surface area (Å²) in [6.45, 7) is 6.87. The third kappa shape index (κ3) is 66.7. The number of carbonyl (C=O) groups is 2. The molecule has 0 rings (SSSR count). The molecule has 0 aromatic rings. The van der Waals surface area contributed by atoms with Gasteiger partial charge in [0.15, 0.2) is 0 Å². The summed E-state index contributed by atoms with van der Waals surface area (Å²) in [5, 5.41) is 3.07. The first kappa shape index (κ1) is 83.4. The van der Waals surface area contributed by atoms with Crippen molar-refractivity contribution in [2.45, 2.75) is 315 Å². The first-order chi connectivity index (χ1) is 42.4. The monoisotopic (exact) mass is 1230 g/mol. The molecule has 3 unspecified atom stereocenters. The molecule has 0 aliphatic rings. The molecule has 0 saturated carbocycles. The second-order valence-corrected chi connectivity index (χ2v) is 26.5. The van der Waals surface area contributed by atoms with Crippen LogP contribution in [0.15, 0.2) is 122 Å². The highest BCUT2D eigenvalue weighted by Gasteiger charge is 2.30. The standard InChI is InChI=1S/C77H135N2O7P/c1-7-10-13-16-19-22-25-28-30-32-34-36-37-38-39-40-41-43-44-46-48-51-54-57-60-63-66-69-76(80)78-74(73-85-87(82,83)84-72-71-79(4,5)6)75(68-65-62-59-56-53-50-27-24-21-18-15-12-9-3)86-77(81)70-67-64-61-58-55-52-49-47-45-42-35-33-31-29-26-23-20-17-14-11-8-2/h10,13,19-20,22-23,28-31,34-36,38-39,41-43,65,68,74-75H,7-9,11-12,14-18,21,24-27,32-33,37,40,44-64,66-67,69-73H2,1-6H3,(H-,78,80,82,83)/p+1/b13-10-,22-19-,23-20-,30-28-,31-29-,36-34-,39-38-,42-35-,43-41-,68-65-. The normalized spacial score (nSPS) is 14.2. The molecule has 87 heavy (non-hydrogen) atoms. The van der Waals surface area contributed by atoms with Gasteiger partial charge in [0.2, 0.25) is 5.91 Å². The van der Waals surface area contributed by atoms with Crippen molar-refractivity contribution < 1.29 is 37.3 Å². The van der Waals surface area contributed by atoms with E-state index in [2.05, 4.69) is 135 Å². The van der Waals surface area contributed by atoms with E-state index in [1.165, 1.54) is 135 Å². The van der Waals surface area contributed by atoms with Crippen LogP contribution >= 0.6 is 7.82 Å². The van der Waals surface area contributed by atoms with E-state index in [0.29, 0.717) is 17.4 Å². The molecule has 2 N–H and O–H groups in total. The van der Waals surface area contributed by atoms with Crippen LogP contribution in [0.4, 0.5) is 0 Å². The van der Waals surface area contributed by atoms with Crippen LogP contribution in [0.2, 0.25) is 0 Å². The quantitative estimate of drug-likeness (QED) is 0.0205. The number of hydrogen-bond donors (Lipinski definition) is 2. The highest BCUT2D eigenvalue weighted by atomic mass is 31.2. The van der Waals surface area contributed by atoms with Crippen LogP contribution in [0.5, 0.6) is 0 Å². The number of hydrogen-bond acceptors (Lipinski definition) is 6. The number of nitrogens with one attached hydrogen (secondary N) is 1. The SMILES string of the molecule is CC/C=C\C/C=C\C/C=C\C/C=C\C/C=C\C/C=C\CCCCCCCCCCC(=O)NC(COP(=O)(O)OCC[N+](C)(C)C)C(/C=C\CCCCCCCCCCCCC)OC(=O)CCCCCCCCCC/C=C\C/C=C\C/C=C\CCCCC. The summed E-state index contributed by atoms with van der Waals surface area (Å²) in [7, 11) is 1.47. The van der Waals surface area contributed by atoms with Gasteiger partial charge in [0.05, 0.1) is 33.8 Å². The van der Waals surface area contributed by atoms with Gasteiger partial charge >= 0.3 is 13.8 Å². The molecule has 0 aliphatic carbocycles. The van der Waals surface area contributed by atoms with Crippen LogP contribution in [-0.2, 0) is 27.9 Å². The van der Waals surface area contributed by atoms with E-state index in [9.17, 15) is 19.0 Å². The number of allylic oxidation sites excluding steroid dienone is 19. The van der Waals surface area contributed by atoms with Gasteiger partial charge in [-0.25, -0.2) is 4.57 Å². The van der Waals surface area contributed by atoms with Crippen molar-refractivity contribution in [1.29, 1.82) is 0 Å².